The first-order valence-corrected chi connectivity index (χ1v) is 8.19. The Hall–Kier alpha value is -2.36. The molecule has 0 unspecified atom stereocenters. The van der Waals surface area contributed by atoms with Gasteiger partial charge in [0.05, 0.1) is 0 Å². The quantitative estimate of drug-likeness (QED) is 0.686. The number of nitrogens with one attached hydrogen (secondary N) is 2. The van der Waals surface area contributed by atoms with Crippen molar-refractivity contribution in [2.45, 2.75) is 13.5 Å². The Morgan fingerprint density at radius 2 is 1.62 bits per heavy atom. The van der Waals surface area contributed by atoms with Crippen molar-refractivity contribution < 1.29 is 0 Å². The minimum Gasteiger partial charge on any atom is -0.340 e. The third kappa shape index (κ3) is 6.03. The molecule has 3 aromatic rings. The second-order valence-electron chi connectivity index (χ2n) is 5.33. The van der Waals surface area contributed by atoms with Gasteiger partial charge in [-0.1, -0.05) is 53.6 Å². The Morgan fingerprint density at radius 3 is 2.21 bits per heavy atom. The minimum atomic E-state index is 0.729. The fraction of sp³-hybridized carbons (Fsp3) is 0.150. The van der Waals surface area contributed by atoms with E-state index in [9.17, 15) is 0 Å². The molecule has 4 heteroatoms. The van der Waals surface area contributed by atoms with E-state index in [0.29, 0.717) is 0 Å². The molecule has 3 nitrogen and oxygen atoms in total. The topological polar surface area (TPSA) is 37.0 Å². The third-order valence-corrected chi connectivity index (χ3v) is 3.56. The van der Waals surface area contributed by atoms with E-state index in [0.717, 1.165) is 28.6 Å². The first-order chi connectivity index (χ1) is 11.7. The smallest absolute Gasteiger partial charge is 0.134 e. The summed E-state index contributed by atoms with van der Waals surface area (Å²) in [5.74, 6) is 0.865. The van der Waals surface area contributed by atoms with E-state index >= 15 is 0 Å². The lowest BCUT2D eigenvalue weighted by Crippen LogP contribution is -2.08. The SMILES string of the molecule is CNCc1cccnc1Nc1ccc(Cl)cc1.Cc1ccccc1. The molecule has 1 aromatic heterocycles. The van der Waals surface area contributed by atoms with Gasteiger partial charge in [-0.05, 0) is 44.3 Å². The highest BCUT2D eigenvalue weighted by atomic mass is 35.5. The van der Waals surface area contributed by atoms with Crippen LogP contribution >= 0.6 is 11.6 Å². The molecule has 0 spiro atoms. The van der Waals surface area contributed by atoms with E-state index in [-0.39, 0.29) is 0 Å². The molecule has 0 aliphatic carbocycles. The van der Waals surface area contributed by atoms with Gasteiger partial charge >= 0.3 is 0 Å². The maximum absolute atomic E-state index is 5.84. The number of anilines is 2. The number of aromatic nitrogens is 1. The van der Waals surface area contributed by atoms with Gasteiger partial charge in [-0.3, -0.25) is 0 Å². The number of nitrogens with zero attached hydrogens (tertiary/aromatic N) is 1. The number of benzene rings is 2. The van der Waals surface area contributed by atoms with Crippen LogP contribution in [0, 0.1) is 6.92 Å². The Balaban J connectivity index is 0.000000249. The van der Waals surface area contributed by atoms with Gasteiger partial charge in [0.2, 0.25) is 0 Å². The summed E-state index contributed by atoms with van der Waals surface area (Å²) >= 11 is 5.84. The molecule has 0 aliphatic rings. The van der Waals surface area contributed by atoms with Crippen molar-refractivity contribution in [2.24, 2.45) is 0 Å². The zero-order chi connectivity index (χ0) is 17.2. The molecule has 2 N–H and O–H groups in total. The van der Waals surface area contributed by atoms with Gasteiger partial charge in [0.1, 0.15) is 5.82 Å². The molecule has 0 amide bonds. The molecule has 0 radical (unpaired) electrons. The molecule has 24 heavy (non-hydrogen) atoms. The molecule has 3 rings (SSSR count). The fourth-order valence-corrected chi connectivity index (χ4v) is 2.21. The number of hydrogen-bond donors (Lipinski definition) is 2. The van der Waals surface area contributed by atoms with Crippen molar-refractivity contribution >= 4 is 23.1 Å². The predicted molar refractivity (Wildman–Crippen MR) is 103 cm³/mol. The number of halogens is 1. The van der Waals surface area contributed by atoms with E-state index in [1.165, 1.54) is 5.56 Å². The van der Waals surface area contributed by atoms with Crippen LogP contribution in [0.4, 0.5) is 11.5 Å². The molecule has 124 valence electrons. The Labute approximate surface area is 148 Å². The van der Waals surface area contributed by atoms with E-state index in [1.807, 2.05) is 61.6 Å². The van der Waals surface area contributed by atoms with Crippen molar-refractivity contribution in [1.82, 2.24) is 10.3 Å². The van der Waals surface area contributed by atoms with Crippen molar-refractivity contribution in [1.29, 1.82) is 0 Å². The first kappa shape index (κ1) is 18.0. The van der Waals surface area contributed by atoms with Gasteiger partial charge in [-0.15, -0.1) is 0 Å². The van der Waals surface area contributed by atoms with Gasteiger partial charge < -0.3 is 10.6 Å². The van der Waals surface area contributed by atoms with Crippen molar-refractivity contribution in [3.63, 3.8) is 0 Å². The summed E-state index contributed by atoms with van der Waals surface area (Å²) in [6.45, 7) is 2.86. The highest BCUT2D eigenvalue weighted by Crippen LogP contribution is 2.20. The summed E-state index contributed by atoms with van der Waals surface area (Å²) < 4.78 is 0. The Bertz CT molecular complexity index is 727. The zero-order valence-electron chi connectivity index (χ0n) is 14.0. The molecule has 0 bridgehead atoms. The van der Waals surface area contributed by atoms with Crippen LogP contribution in [0.2, 0.25) is 5.02 Å². The van der Waals surface area contributed by atoms with Crippen LogP contribution < -0.4 is 10.6 Å². The second-order valence-corrected chi connectivity index (χ2v) is 5.76. The first-order valence-electron chi connectivity index (χ1n) is 7.82. The number of pyridine rings is 1. The average Bonchev–Trinajstić information content (AvgIpc) is 2.60. The van der Waals surface area contributed by atoms with E-state index in [4.69, 9.17) is 11.6 Å². The lowest BCUT2D eigenvalue weighted by molar-refractivity contribution is 0.815. The maximum Gasteiger partial charge on any atom is 0.134 e. The predicted octanol–water partition coefficient (Wildman–Crippen LogP) is 5.19. The van der Waals surface area contributed by atoms with E-state index < -0.39 is 0 Å². The zero-order valence-corrected chi connectivity index (χ0v) is 14.7. The second kappa shape index (κ2) is 9.71. The molecule has 2 aromatic carbocycles. The van der Waals surface area contributed by atoms with Crippen molar-refractivity contribution in [3.05, 3.63) is 89.1 Å². The number of hydrogen-bond acceptors (Lipinski definition) is 3. The summed E-state index contributed by atoms with van der Waals surface area (Å²) in [7, 11) is 1.92. The lowest BCUT2D eigenvalue weighted by atomic mass is 10.2. The largest absolute Gasteiger partial charge is 0.340 e. The molecule has 0 saturated heterocycles. The molecular formula is C20H22ClN3. The maximum atomic E-state index is 5.84. The van der Waals surface area contributed by atoms with Crippen LogP contribution in [-0.2, 0) is 6.54 Å². The summed E-state index contributed by atoms with van der Waals surface area (Å²) in [4.78, 5) is 4.33. The van der Waals surface area contributed by atoms with Gasteiger partial charge in [0.15, 0.2) is 0 Å². The van der Waals surface area contributed by atoms with E-state index in [2.05, 4.69) is 34.7 Å². The highest BCUT2D eigenvalue weighted by molar-refractivity contribution is 6.30. The summed E-state index contributed by atoms with van der Waals surface area (Å²) in [5.41, 5.74) is 3.43. The van der Waals surface area contributed by atoms with Crippen molar-refractivity contribution in [2.75, 3.05) is 12.4 Å². The van der Waals surface area contributed by atoms with E-state index in [1.54, 1.807) is 6.20 Å². The fourth-order valence-electron chi connectivity index (χ4n) is 2.09. The minimum absolute atomic E-state index is 0.729. The lowest BCUT2D eigenvalue weighted by Gasteiger charge is -2.10. The molecule has 0 aliphatic heterocycles. The van der Waals surface area contributed by atoms with Crippen LogP contribution in [0.3, 0.4) is 0 Å². The monoisotopic (exact) mass is 339 g/mol. The molecule has 0 fully saturated rings. The Morgan fingerprint density at radius 1 is 0.917 bits per heavy atom. The van der Waals surface area contributed by atoms with Crippen LogP contribution in [0.5, 0.6) is 0 Å². The van der Waals surface area contributed by atoms with Crippen LogP contribution in [0.25, 0.3) is 0 Å². The van der Waals surface area contributed by atoms with Crippen molar-refractivity contribution in [3.8, 4) is 0 Å². The molecular weight excluding hydrogens is 318 g/mol. The number of aryl methyl sites for hydroxylation is 1. The Kier molecular flexibility index (Phi) is 7.27. The molecule has 0 saturated carbocycles. The van der Waals surface area contributed by atoms with Crippen LogP contribution in [-0.4, -0.2) is 12.0 Å². The number of rotatable bonds is 4. The summed E-state index contributed by atoms with van der Waals surface area (Å²) in [6.07, 6.45) is 1.78. The van der Waals surface area contributed by atoms with Gasteiger partial charge in [-0.2, -0.15) is 0 Å². The summed E-state index contributed by atoms with van der Waals surface area (Å²) in [5, 5.41) is 7.12. The van der Waals surface area contributed by atoms with Gasteiger partial charge in [0.25, 0.3) is 0 Å². The van der Waals surface area contributed by atoms with Crippen LogP contribution in [0.1, 0.15) is 11.1 Å². The normalized spacial score (nSPS) is 9.79. The molecule has 1 heterocycles. The average molecular weight is 340 g/mol. The van der Waals surface area contributed by atoms with Gasteiger partial charge in [-0.25, -0.2) is 4.98 Å². The molecule has 0 atom stereocenters. The summed E-state index contributed by atoms with van der Waals surface area (Å²) in [6, 6.07) is 21.8. The van der Waals surface area contributed by atoms with Crippen LogP contribution in [0.15, 0.2) is 72.9 Å². The standard InChI is InChI=1S/C13H14ClN3.C7H8/c1-15-9-10-3-2-8-16-13(10)17-12-6-4-11(14)5-7-12;1-7-5-3-2-4-6-7/h2-8,15H,9H2,1H3,(H,16,17);2-6H,1H3. The highest BCUT2D eigenvalue weighted by Gasteiger charge is 2.02. The third-order valence-electron chi connectivity index (χ3n) is 3.31. The van der Waals surface area contributed by atoms with Gasteiger partial charge in [0, 0.05) is 29.0 Å².